The average Bonchev–Trinajstić information content (AvgIpc) is 3.72. The highest BCUT2D eigenvalue weighted by atomic mass is 16.5. The minimum atomic E-state index is -0.311. The molecule has 44 heavy (non-hydrogen) atoms. The van der Waals surface area contributed by atoms with Crippen LogP contribution in [0.3, 0.4) is 0 Å². The molecular formula is C36H24N6O2. The lowest BCUT2D eigenvalue weighted by Gasteiger charge is -2.20. The predicted molar refractivity (Wildman–Crippen MR) is 173 cm³/mol. The van der Waals surface area contributed by atoms with Gasteiger partial charge in [0.15, 0.2) is 11.5 Å². The molecule has 0 aliphatic heterocycles. The van der Waals surface area contributed by atoms with Crippen LogP contribution in [-0.4, -0.2) is 42.1 Å². The van der Waals surface area contributed by atoms with Crippen LogP contribution in [-0.2, 0) is 0 Å². The molecule has 0 unspecified atom stereocenters. The number of phenolic OH excluding ortho intramolecular Hbond substituents is 1. The Morgan fingerprint density at radius 3 is 1.52 bits per heavy atom. The first kappa shape index (κ1) is 24.6. The second-order valence-electron chi connectivity index (χ2n) is 10.9. The number of hydrogen-bond acceptors (Lipinski definition) is 6. The summed E-state index contributed by atoms with van der Waals surface area (Å²) in [5.74, 6) is 0.178. The Kier molecular flexibility index (Phi) is 5.16. The van der Waals surface area contributed by atoms with Gasteiger partial charge in [-0.3, -0.25) is 19.9 Å². The Morgan fingerprint density at radius 2 is 1.05 bits per heavy atom. The van der Waals surface area contributed by atoms with E-state index < -0.39 is 0 Å². The summed E-state index contributed by atoms with van der Waals surface area (Å²) in [6, 6.07) is 21.8. The number of H-pyrrole nitrogens is 2. The SMILES string of the molecule is COc1cc(C(c2[nH]cc3c4cccnc4c4ncccc4c23)c2[nH]cc3c4cccnc4c4ncccc4c23)ccc1O. The first-order chi connectivity index (χ1) is 21.7. The number of fused-ring (bicyclic) bond motifs is 12. The number of phenols is 1. The van der Waals surface area contributed by atoms with Crippen molar-refractivity contribution in [3.05, 3.63) is 121 Å². The second kappa shape index (κ2) is 9.24. The molecule has 0 saturated heterocycles. The lowest BCUT2D eigenvalue weighted by atomic mass is 9.86. The number of ether oxygens (including phenoxy) is 1. The molecule has 0 fully saturated rings. The van der Waals surface area contributed by atoms with Crippen molar-refractivity contribution in [2.45, 2.75) is 5.92 Å². The zero-order valence-corrected chi connectivity index (χ0v) is 23.5. The van der Waals surface area contributed by atoms with Crippen molar-refractivity contribution in [1.29, 1.82) is 0 Å². The molecule has 8 nitrogen and oxygen atoms in total. The van der Waals surface area contributed by atoms with Crippen molar-refractivity contribution in [2.24, 2.45) is 0 Å². The van der Waals surface area contributed by atoms with Gasteiger partial charge < -0.3 is 19.8 Å². The monoisotopic (exact) mass is 572 g/mol. The van der Waals surface area contributed by atoms with Gasteiger partial charge in [-0.15, -0.1) is 0 Å². The van der Waals surface area contributed by atoms with Crippen molar-refractivity contribution >= 4 is 65.2 Å². The van der Waals surface area contributed by atoms with Gasteiger partial charge in [-0.25, -0.2) is 0 Å². The highest BCUT2D eigenvalue weighted by Gasteiger charge is 2.28. The maximum Gasteiger partial charge on any atom is 0.160 e. The van der Waals surface area contributed by atoms with Crippen LogP contribution in [0, 0.1) is 0 Å². The Balaban J connectivity index is 1.46. The average molecular weight is 573 g/mol. The molecule has 8 heteroatoms. The summed E-state index contributed by atoms with van der Waals surface area (Å²) >= 11 is 0. The summed E-state index contributed by atoms with van der Waals surface area (Å²) in [4.78, 5) is 26.4. The lowest BCUT2D eigenvalue weighted by Crippen LogP contribution is -2.06. The molecule has 0 bridgehead atoms. The highest BCUT2D eigenvalue weighted by molar-refractivity contribution is 6.25. The molecule has 0 saturated carbocycles. The Morgan fingerprint density at radius 1 is 0.591 bits per heavy atom. The Hall–Kier alpha value is -6.02. The van der Waals surface area contributed by atoms with Gasteiger partial charge in [0.05, 0.1) is 35.1 Å². The molecule has 0 aliphatic rings. The summed E-state index contributed by atoms with van der Waals surface area (Å²) in [5.41, 5.74) is 6.35. The number of nitrogens with one attached hydrogen (secondary N) is 2. The molecule has 9 rings (SSSR count). The smallest absolute Gasteiger partial charge is 0.160 e. The van der Waals surface area contributed by atoms with E-state index in [9.17, 15) is 5.11 Å². The van der Waals surface area contributed by atoms with E-state index in [-0.39, 0.29) is 11.7 Å². The van der Waals surface area contributed by atoms with E-state index in [0.29, 0.717) is 5.75 Å². The van der Waals surface area contributed by atoms with Crippen LogP contribution < -0.4 is 4.74 Å². The zero-order chi connectivity index (χ0) is 29.4. The fourth-order valence-corrected chi connectivity index (χ4v) is 6.90. The molecule has 6 aromatic heterocycles. The fourth-order valence-electron chi connectivity index (χ4n) is 6.90. The number of aromatic amines is 2. The van der Waals surface area contributed by atoms with Gasteiger partial charge in [-0.1, -0.05) is 30.3 Å². The van der Waals surface area contributed by atoms with Crippen LogP contribution in [0.1, 0.15) is 22.9 Å². The van der Waals surface area contributed by atoms with Crippen LogP contribution in [0.5, 0.6) is 11.5 Å². The van der Waals surface area contributed by atoms with E-state index in [2.05, 4.69) is 46.6 Å². The molecule has 3 aromatic carbocycles. The number of hydrogen-bond donors (Lipinski definition) is 3. The molecule has 3 N–H and O–H groups in total. The van der Waals surface area contributed by atoms with Gasteiger partial charge in [-0.05, 0) is 42.0 Å². The van der Waals surface area contributed by atoms with Crippen molar-refractivity contribution in [2.75, 3.05) is 7.11 Å². The lowest BCUT2D eigenvalue weighted by molar-refractivity contribution is 0.373. The van der Waals surface area contributed by atoms with Crippen LogP contribution in [0.25, 0.3) is 65.2 Å². The third-order valence-corrected chi connectivity index (χ3v) is 8.73. The van der Waals surface area contributed by atoms with E-state index in [4.69, 9.17) is 24.7 Å². The van der Waals surface area contributed by atoms with Gasteiger partial charge in [-0.2, -0.15) is 0 Å². The van der Waals surface area contributed by atoms with Crippen LogP contribution in [0.4, 0.5) is 0 Å². The summed E-state index contributed by atoms with van der Waals surface area (Å²) in [6.07, 6.45) is 11.4. The summed E-state index contributed by atoms with van der Waals surface area (Å²) in [7, 11) is 1.57. The third kappa shape index (κ3) is 3.33. The largest absolute Gasteiger partial charge is 0.504 e. The molecule has 9 aromatic rings. The molecule has 210 valence electrons. The van der Waals surface area contributed by atoms with E-state index in [0.717, 1.165) is 82.1 Å². The van der Waals surface area contributed by atoms with Crippen molar-refractivity contribution < 1.29 is 9.84 Å². The van der Waals surface area contributed by atoms with Crippen molar-refractivity contribution in [1.82, 2.24) is 29.9 Å². The first-order valence-corrected chi connectivity index (χ1v) is 14.3. The number of aromatic nitrogens is 6. The molecule has 0 radical (unpaired) electrons. The predicted octanol–water partition coefficient (Wildman–Crippen LogP) is 7.74. The van der Waals surface area contributed by atoms with Crippen LogP contribution >= 0.6 is 0 Å². The van der Waals surface area contributed by atoms with E-state index in [1.54, 1.807) is 13.2 Å². The number of pyridine rings is 4. The number of aromatic hydroxyl groups is 1. The standard InChI is InChI=1S/C36H24N6O2/c1-44-27-16-19(10-11-26(27)43)28(35-29-22-8-4-14-39-33(22)31-20(6-2-12-37-31)24(29)17-41-35)36-30-23-9-5-15-40-34(23)32-21(7-3-13-38-32)25(30)18-42-36/h2-18,28,41-43H,1H3. The van der Waals surface area contributed by atoms with Gasteiger partial charge in [0.2, 0.25) is 0 Å². The van der Waals surface area contributed by atoms with Crippen molar-refractivity contribution in [3.8, 4) is 11.5 Å². The topological polar surface area (TPSA) is 113 Å². The van der Waals surface area contributed by atoms with Gasteiger partial charge in [0.1, 0.15) is 0 Å². The summed E-state index contributed by atoms with van der Waals surface area (Å²) < 4.78 is 5.59. The molecular weight excluding hydrogens is 548 g/mol. The van der Waals surface area contributed by atoms with Crippen molar-refractivity contribution in [3.63, 3.8) is 0 Å². The van der Waals surface area contributed by atoms with Crippen LogP contribution in [0.15, 0.2) is 104 Å². The number of rotatable bonds is 4. The minimum Gasteiger partial charge on any atom is -0.504 e. The molecule has 6 heterocycles. The number of methoxy groups -OCH3 is 1. The Bertz CT molecular complexity index is 2430. The molecule has 0 amide bonds. The minimum absolute atomic E-state index is 0.0844. The van der Waals surface area contributed by atoms with Gasteiger partial charge in [0.25, 0.3) is 0 Å². The summed E-state index contributed by atoms with van der Waals surface area (Å²) in [6.45, 7) is 0. The molecule has 0 atom stereocenters. The first-order valence-electron chi connectivity index (χ1n) is 14.3. The quantitative estimate of drug-likeness (QED) is 0.186. The third-order valence-electron chi connectivity index (χ3n) is 8.73. The number of benzene rings is 3. The normalized spacial score (nSPS) is 12.0. The second-order valence-corrected chi connectivity index (χ2v) is 10.9. The highest BCUT2D eigenvalue weighted by Crippen LogP contribution is 2.46. The fraction of sp³-hybridized carbons (Fsp3) is 0.0556. The maximum absolute atomic E-state index is 10.6. The molecule has 0 spiro atoms. The van der Waals surface area contributed by atoms with Crippen LogP contribution in [0.2, 0.25) is 0 Å². The zero-order valence-electron chi connectivity index (χ0n) is 23.5. The Labute approximate surface area is 250 Å². The van der Waals surface area contributed by atoms with Gasteiger partial charge >= 0.3 is 0 Å². The van der Waals surface area contributed by atoms with Gasteiger partial charge in [0, 0.05) is 91.7 Å². The van der Waals surface area contributed by atoms with E-state index in [1.807, 2.05) is 61.2 Å². The van der Waals surface area contributed by atoms with E-state index >= 15 is 0 Å². The maximum atomic E-state index is 10.6. The number of nitrogens with zero attached hydrogens (tertiary/aromatic N) is 4. The molecule has 0 aliphatic carbocycles. The summed E-state index contributed by atoms with van der Waals surface area (Å²) in [5, 5.41) is 18.9. The van der Waals surface area contributed by atoms with E-state index in [1.165, 1.54) is 0 Å².